The minimum atomic E-state index is -1.05. The quantitative estimate of drug-likeness (QED) is 0.491. The number of para-hydroxylation sites is 1. The van der Waals surface area contributed by atoms with E-state index in [0.29, 0.717) is 10.9 Å². The molecule has 2 unspecified atom stereocenters. The Kier molecular flexibility index (Phi) is 9.23. The summed E-state index contributed by atoms with van der Waals surface area (Å²) in [4.78, 5) is 58.5. The van der Waals surface area contributed by atoms with Crippen molar-refractivity contribution in [2.75, 3.05) is 47.6 Å². The number of nitrogens with zero attached hydrogens (tertiary/aromatic N) is 3. The Morgan fingerprint density at radius 2 is 1.86 bits per heavy atom. The summed E-state index contributed by atoms with van der Waals surface area (Å²) >= 11 is 0. The van der Waals surface area contributed by atoms with Gasteiger partial charge in [-0.2, -0.15) is 0 Å². The summed E-state index contributed by atoms with van der Waals surface area (Å²) < 4.78 is 20.9. The van der Waals surface area contributed by atoms with Crippen molar-refractivity contribution in [1.82, 2.24) is 14.8 Å². The number of amides is 3. The molecule has 0 spiro atoms. The van der Waals surface area contributed by atoms with Gasteiger partial charge in [-0.25, -0.2) is 4.79 Å². The molecule has 200 valence electrons. The minimum absolute atomic E-state index is 0.00515. The Morgan fingerprint density at radius 1 is 1.14 bits per heavy atom. The molecule has 1 aliphatic heterocycles. The van der Waals surface area contributed by atoms with Crippen molar-refractivity contribution in [3.05, 3.63) is 35.5 Å². The predicted octanol–water partition coefficient (Wildman–Crippen LogP) is 1.65. The number of benzene rings is 1. The van der Waals surface area contributed by atoms with E-state index in [-0.39, 0.29) is 56.1 Å². The van der Waals surface area contributed by atoms with E-state index >= 15 is 0 Å². The van der Waals surface area contributed by atoms with E-state index in [0.717, 1.165) is 0 Å². The third-order valence-electron chi connectivity index (χ3n) is 6.23. The number of hydrogen-bond acceptors (Lipinski definition) is 9. The molecule has 0 aliphatic carbocycles. The van der Waals surface area contributed by atoms with E-state index in [9.17, 15) is 19.2 Å². The molecule has 2 heterocycles. The zero-order valence-electron chi connectivity index (χ0n) is 21.4. The molecule has 1 aromatic carbocycles. The van der Waals surface area contributed by atoms with Crippen molar-refractivity contribution in [2.24, 2.45) is 5.73 Å². The summed E-state index contributed by atoms with van der Waals surface area (Å²) in [7, 11) is 4.08. The maximum absolute atomic E-state index is 14.0. The summed E-state index contributed by atoms with van der Waals surface area (Å²) in [5.41, 5.74) is 6.31. The summed E-state index contributed by atoms with van der Waals surface area (Å²) in [6.07, 6.45) is -1.40. The van der Waals surface area contributed by atoms with Crippen LogP contribution in [0.2, 0.25) is 0 Å². The summed E-state index contributed by atoms with van der Waals surface area (Å²) in [6, 6.07) is 6.99. The number of carbonyl (C=O) groups excluding carboxylic acids is 4. The molecule has 1 aromatic heterocycles. The van der Waals surface area contributed by atoms with Crippen LogP contribution in [-0.2, 0) is 23.8 Å². The molecule has 3 rings (SSSR count). The van der Waals surface area contributed by atoms with E-state index in [1.165, 1.54) is 31.1 Å². The fourth-order valence-corrected chi connectivity index (χ4v) is 4.43. The van der Waals surface area contributed by atoms with Gasteiger partial charge in [-0.3, -0.25) is 19.4 Å². The second-order valence-corrected chi connectivity index (χ2v) is 8.32. The maximum atomic E-state index is 14.0. The van der Waals surface area contributed by atoms with Crippen LogP contribution < -0.4 is 10.5 Å². The Labute approximate surface area is 214 Å². The van der Waals surface area contributed by atoms with E-state index in [1.54, 1.807) is 31.2 Å². The molecule has 1 saturated heterocycles. The molecule has 1 fully saturated rings. The van der Waals surface area contributed by atoms with Crippen molar-refractivity contribution in [3.63, 3.8) is 0 Å². The van der Waals surface area contributed by atoms with Gasteiger partial charge in [0.2, 0.25) is 5.91 Å². The van der Waals surface area contributed by atoms with Crippen LogP contribution >= 0.6 is 0 Å². The van der Waals surface area contributed by atoms with Gasteiger partial charge in [0.05, 0.1) is 44.5 Å². The van der Waals surface area contributed by atoms with Crippen LogP contribution in [0.3, 0.4) is 0 Å². The molecular formula is C25H32N4O8. The van der Waals surface area contributed by atoms with Crippen molar-refractivity contribution < 1.29 is 38.1 Å². The van der Waals surface area contributed by atoms with Crippen LogP contribution in [0.4, 0.5) is 4.79 Å². The number of pyridine rings is 1. The third-order valence-corrected chi connectivity index (χ3v) is 6.23. The number of carbonyl (C=O) groups is 4. The molecule has 12 heteroatoms. The molecule has 0 bridgehead atoms. The van der Waals surface area contributed by atoms with Crippen LogP contribution in [0.25, 0.3) is 10.9 Å². The molecule has 2 N–H and O–H groups in total. The Bertz CT molecular complexity index is 1170. The van der Waals surface area contributed by atoms with Gasteiger partial charge in [0.15, 0.2) is 0 Å². The van der Waals surface area contributed by atoms with Crippen molar-refractivity contribution in [2.45, 2.75) is 31.9 Å². The molecular weight excluding hydrogens is 484 g/mol. The summed E-state index contributed by atoms with van der Waals surface area (Å²) in [5, 5.41) is 0.555. The van der Waals surface area contributed by atoms with E-state index in [1.807, 2.05) is 0 Å². The second kappa shape index (κ2) is 12.3. The number of rotatable bonds is 9. The SMILES string of the molecule is CCOC(=O)N1CCN(C(=O)C(CCC(=O)OC)c2nc3ccccc3c(OC)c2C(N)=O)C(OC)C1. The maximum Gasteiger partial charge on any atom is 0.409 e. The van der Waals surface area contributed by atoms with E-state index < -0.39 is 36.0 Å². The first-order valence-electron chi connectivity index (χ1n) is 11.8. The molecule has 3 amide bonds. The van der Waals surface area contributed by atoms with Gasteiger partial charge >= 0.3 is 12.1 Å². The number of piperazine rings is 1. The van der Waals surface area contributed by atoms with Gasteiger partial charge in [0.1, 0.15) is 17.5 Å². The second-order valence-electron chi connectivity index (χ2n) is 8.32. The normalized spacial score (nSPS) is 16.3. The average molecular weight is 517 g/mol. The summed E-state index contributed by atoms with van der Waals surface area (Å²) in [6.45, 7) is 2.36. The molecule has 37 heavy (non-hydrogen) atoms. The third kappa shape index (κ3) is 5.91. The van der Waals surface area contributed by atoms with Gasteiger partial charge in [0, 0.05) is 32.0 Å². The lowest BCUT2D eigenvalue weighted by molar-refractivity contribution is -0.152. The number of nitrogens with two attached hydrogens (primary N) is 1. The molecule has 2 atom stereocenters. The fourth-order valence-electron chi connectivity index (χ4n) is 4.43. The summed E-state index contributed by atoms with van der Waals surface area (Å²) in [5.74, 6) is -2.64. The molecule has 0 saturated carbocycles. The van der Waals surface area contributed by atoms with Gasteiger partial charge < -0.3 is 34.5 Å². The minimum Gasteiger partial charge on any atom is -0.495 e. The lowest BCUT2D eigenvalue weighted by Gasteiger charge is -2.41. The number of fused-ring (bicyclic) bond motifs is 1. The van der Waals surface area contributed by atoms with Crippen LogP contribution in [0.5, 0.6) is 5.75 Å². The molecule has 1 aliphatic rings. The van der Waals surface area contributed by atoms with Gasteiger partial charge in [0.25, 0.3) is 5.91 Å². The Balaban J connectivity index is 2.08. The highest BCUT2D eigenvalue weighted by Crippen LogP contribution is 2.36. The standard InChI is InChI=1S/C25H32N4O8/c1-5-37-25(33)28-12-13-29(18(14-28)34-2)24(32)16(10-11-19(30)35-3)21-20(23(26)31)22(36-4)15-8-6-7-9-17(15)27-21/h6-9,16,18H,5,10-14H2,1-4H3,(H2,26,31). The van der Waals surface area contributed by atoms with Crippen molar-refractivity contribution >= 4 is 34.8 Å². The van der Waals surface area contributed by atoms with Crippen molar-refractivity contribution in [1.29, 1.82) is 0 Å². The highest BCUT2D eigenvalue weighted by Gasteiger charge is 2.39. The van der Waals surface area contributed by atoms with Gasteiger partial charge in [-0.1, -0.05) is 12.1 Å². The average Bonchev–Trinajstić information content (AvgIpc) is 2.91. The first kappa shape index (κ1) is 27.7. The van der Waals surface area contributed by atoms with Crippen LogP contribution in [0.15, 0.2) is 24.3 Å². The first-order chi connectivity index (χ1) is 17.8. The number of ether oxygens (including phenoxy) is 4. The Hall–Kier alpha value is -3.93. The van der Waals surface area contributed by atoms with Gasteiger partial charge in [-0.05, 0) is 25.5 Å². The number of hydrogen-bond donors (Lipinski definition) is 1. The van der Waals surface area contributed by atoms with E-state index in [4.69, 9.17) is 24.7 Å². The van der Waals surface area contributed by atoms with E-state index in [2.05, 4.69) is 4.98 Å². The number of aromatic nitrogens is 1. The Morgan fingerprint density at radius 3 is 2.49 bits per heavy atom. The lowest BCUT2D eigenvalue weighted by atomic mass is 9.91. The largest absolute Gasteiger partial charge is 0.495 e. The zero-order valence-corrected chi connectivity index (χ0v) is 21.4. The predicted molar refractivity (Wildman–Crippen MR) is 132 cm³/mol. The fraction of sp³-hybridized carbons (Fsp3) is 0.480. The molecule has 12 nitrogen and oxygen atoms in total. The number of primary amides is 1. The highest BCUT2D eigenvalue weighted by atomic mass is 16.6. The zero-order chi connectivity index (χ0) is 27.1. The smallest absolute Gasteiger partial charge is 0.409 e. The van der Waals surface area contributed by atoms with Crippen LogP contribution in [0, 0.1) is 0 Å². The number of esters is 1. The van der Waals surface area contributed by atoms with Crippen LogP contribution in [-0.4, -0.2) is 92.5 Å². The molecule has 0 radical (unpaired) electrons. The first-order valence-corrected chi connectivity index (χ1v) is 11.8. The lowest BCUT2D eigenvalue weighted by Crippen LogP contribution is -2.58. The highest BCUT2D eigenvalue weighted by molar-refractivity contribution is 6.04. The number of methoxy groups -OCH3 is 3. The van der Waals surface area contributed by atoms with Gasteiger partial charge in [-0.15, -0.1) is 0 Å². The topological polar surface area (TPSA) is 151 Å². The van der Waals surface area contributed by atoms with Crippen molar-refractivity contribution in [3.8, 4) is 5.75 Å². The van der Waals surface area contributed by atoms with Crippen LogP contribution in [0.1, 0.15) is 41.7 Å². The monoisotopic (exact) mass is 516 g/mol. The molecule has 2 aromatic rings.